The van der Waals surface area contributed by atoms with Gasteiger partial charge in [0.2, 0.25) is 5.91 Å². The molecule has 0 radical (unpaired) electrons. The maximum atomic E-state index is 12.5. The Balaban J connectivity index is 2.98. The summed E-state index contributed by atoms with van der Waals surface area (Å²) in [7, 11) is 0. The molecule has 5 nitrogen and oxygen atoms in total. The zero-order valence-electron chi connectivity index (χ0n) is 12.4. The highest BCUT2D eigenvalue weighted by atomic mass is 16.2. The number of carbonyl (C=O) groups excluding carboxylic acids is 1. The molecule has 5 heteroatoms. The van der Waals surface area contributed by atoms with Crippen molar-refractivity contribution in [1.82, 2.24) is 14.9 Å². The summed E-state index contributed by atoms with van der Waals surface area (Å²) in [5.74, 6) is 0.0750. The standard InChI is InChI=1S/C14H24N4O/c1-9(2)13(15)14(19)18(10(3)4)11(5)12-8-16-6-7-17-12/h6-11,13H,15H2,1-5H3/t11?,13-/m0/s1. The van der Waals surface area contributed by atoms with Crippen LogP contribution in [0.15, 0.2) is 18.6 Å². The molecule has 1 unspecified atom stereocenters. The van der Waals surface area contributed by atoms with E-state index in [1.54, 1.807) is 23.5 Å². The number of hydrogen-bond acceptors (Lipinski definition) is 4. The lowest BCUT2D eigenvalue weighted by Gasteiger charge is -2.35. The monoisotopic (exact) mass is 264 g/mol. The van der Waals surface area contributed by atoms with Gasteiger partial charge in [-0.2, -0.15) is 0 Å². The molecule has 0 aromatic carbocycles. The minimum Gasteiger partial charge on any atom is -0.331 e. The lowest BCUT2D eigenvalue weighted by molar-refractivity contribution is -0.137. The highest BCUT2D eigenvalue weighted by Gasteiger charge is 2.30. The predicted molar refractivity (Wildman–Crippen MR) is 75.2 cm³/mol. The molecule has 0 aliphatic carbocycles. The van der Waals surface area contributed by atoms with E-state index in [1.807, 2.05) is 34.6 Å². The topological polar surface area (TPSA) is 72.1 Å². The molecule has 0 saturated carbocycles. The molecule has 19 heavy (non-hydrogen) atoms. The van der Waals surface area contributed by atoms with Crippen LogP contribution in [0.1, 0.15) is 46.4 Å². The minimum absolute atomic E-state index is 0.0387. The molecule has 106 valence electrons. The number of nitrogens with two attached hydrogens (primary N) is 1. The molecule has 0 aliphatic rings. The normalized spacial score (nSPS) is 14.5. The predicted octanol–water partition coefficient (Wildman–Crippen LogP) is 1.76. The summed E-state index contributed by atoms with van der Waals surface area (Å²) in [6.07, 6.45) is 4.95. The lowest BCUT2D eigenvalue weighted by Crippen LogP contribution is -2.50. The lowest BCUT2D eigenvalue weighted by atomic mass is 10.0. The number of carbonyl (C=O) groups is 1. The van der Waals surface area contributed by atoms with Crippen molar-refractivity contribution in [3.05, 3.63) is 24.3 Å². The van der Waals surface area contributed by atoms with E-state index in [0.717, 1.165) is 5.69 Å². The number of amides is 1. The number of rotatable bonds is 5. The summed E-state index contributed by atoms with van der Waals surface area (Å²) < 4.78 is 0. The number of hydrogen-bond donors (Lipinski definition) is 1. The van der Waals surface area contributed by atoms with E-state index in [4.69, 9.17) is 5.73 Å². The van der Waals surface area contributed by atoms with Crippen molar-refractivity contribution < 1.29 is 4.79 Å². The van der Waals surface area contributed by atoms with E-state index in [1.165, 1.54) is 0 Å². The second kappa shape index (κ2) is 6.61. The van der Waals surface area contributed by atoms with Gasteiger partial charge in [0.25, 0.3) is 0 Å². The smallest absolute Gasteiger partial charge is 0.240 e. The van der Waals surface area contributed by atoms with Crippen molar-refractivity contribution in [1.29, 1.82) is 0 Å². The van der Waals surface area contributed by atoms with Gasteiger partial charge in [0.05, 0.1) is 24.0 Å². The van der Waals surface area contributed by atoms with Gasteiger partial charge in [-0.05, 0) is 26.7 Å². The van der Waals surface area contributed by atoms with Crippen LogP contribution in [-0.2, 0) is 4.79 Å². The fraction of sp³-hybridized carbons (Fsp3) is 0.643. The van der Waals surface area contributed by atoms with Gasteiger partial charge in [0.1, 0.15) is 0 Å². The van der Waals surface area contributed by atoms with Crippen molar-refractivity contribution in [2.45, 2.75) is 52.7 Å². The molecule has 0 spiro atoms. The first-order valence-electron chi connectivity index (χ1n) is 6.70. The van der Waals surface area contributed by atoms with Crippen LogP contribution in [0, 0.1) is 5.92 Å². The summed E-state index contributed by atoms with van der Waals surface area (Å²) >= 11 is 0. The highest BCUT2D eigenvalue weighted by molar-refractivity contribution is 5.82. The van der Waals surface area contributed by atoms with Crippen LogP contribution in [0.4, 0.5) is 0 Å². The van der Waals surface area contributed by atoms with E-state index in [-0.39, 0.29) is 23.9 Å². The molecule has 0 bridgehead atoms. The quantitative estimate of drug-likeness (QED) is 0.879. The second-order valence-electron chi connectivity index (χ2n) is 5.42. The zero-order chi connectivity index (χ0) is 14.6. The highest BCUT2D eigenvalue weighted by Crippen LogP contribution is 2.22. The summed E-state index contributed by atoms with van der Waals surface area (Å²) in [6, 6.07) is -0.554. The third-order valence-electron chi connectivity index (χ3n) is 3.24. The van der Waals surface area contributed by atoms with Crippen molar-refractivity contribution in [3.8, 4) is 0 Å². The third-order valence-corrected chi connectivity index (χ3v) is 3.24. The van der Waals surface area contributed by atoms with Crippen LogP contribution in [-0.4, -0.2) is 32.9 Å². The molecule has 2 atom stereocenters. The van der Waals surface area contributed by atoms with Crippen LogP contribution in [0.2, 0.25) is 0 Å². The molecular weight excluding hydrogens is 240 g/mol. The average molecular weight is 264 g/mol. The fourth-order valence-corrected chi connectivity index (χ4v) is 2.02. The van der Waals surface area contributed by atoms with Gasteiger partial charge in [0, 0.05) is 18.4 Å². The average Bonchev–Trinajstić information content (AvgIpc) is 2.38. The van der Waals surface area contributed by atoms with Crippen molar-refractivity contribution in [3.63, 3.8) is 0 Å². The van der Waals surface area contributed by atoms with Gasteiger partial charge in [-0.3, -0.25) is 14.8 Å². The van der Waals surface area contributed by atoms with Crippen molar-refractivity contribution in [2.75, 3.05) is 0 Å². The molecule has 0 saturated heterocycles. The first-order valence-corrected chi connectivity index (χ1v) is 6.70. The zero-order valence-corrected chi connectivity index (χ0v) is 12.4. The first kappa shape index (κ1) is 15.6. The molecule has 1 rings (SSSR count). The molecule has 1 aromatic heterocycles. The Bertz CT molecular complexity index is 405. The third kappa shape index (κ3) is 3.73. The molecule has 1 amide bonds. The van der Waals surface area contributed by atoms with E-state index in [0.29, 0.717) is 0 Å². The molecular formula is C14H24N4O. The summed E-state index contributed by atoms with van der Waals surface area (Å²) in [4.78, 5) is 22.6. The Morgan fingerprint density at radius 1 is 1.21 bits per heavy atom. The second-order valence-corrected chi connectivity index (χ2v) is 5.42. The van der Waals surface area contributed by atoms with Gasteiger partial charge in [-0.25, -0.2) is 0 Å². The Hall–Kier alpha value is -1.49. The minimum atomic E-state index is -0.485. The number of aromatic nitrogens is 2. The van der Waals surface area contributed by atoms with Crippen LogP contribution in [0.25, 0.3) is 0 Å². The molecule has 0 fully saturated rings. The maximum absolute atomic E-state index is 12.5. The molecule has 0 aliphatic heterocycles. The van der Waals surface area contributed by atoms with Crippen LogP contribution >= 0.6 is 0 Å². The number of nitrogens with zero attached hydrogens (tertiary/aromatic N) is 3. The Kier molecular flexibility index (Phi) is 5.42. The van der Waals surface area contributed by atoms with E-state index < -0.39 is 6.04 Å². The largest absolute Gasteiger partial charge is 0.331 e. The molecule has 2 N–H and O–H groups in total. The fourth-order valence-electron chi connectivity index (χ4n) is 2.02. The first-order chi connectivity index (χ1) is 8.86. The molecule has 1 aromatic rings. The van der Waals surface area contributed by atoms with Gasteiger partial charge in [0.15, 0.2) is 0 Å². The van der Waals surface area contributed by atoms with Gasteiger partial charge in [-0.1, -0.05) is 13.8 Å². The Labute approximate surface area is 115 Å². The van der Waals surface area contributed by atoms with Crippen molar-refractivity contribution >= 4 is 5.91 Å². The van der Waals surface area contributed by atoms with E-state index >= 15 is 0 Å². The maximum Gasteiger partial charge on any atom is 0.240 e. The summed E-state index contributed by atoms with van der Waals surface area (Å²) in [6.45, 7) is 9.83. The van der Waals surface area contributed by atoms with Crippen LogP contribution in [0.5, 0.6) is 0 Å². The Morgan fingerprint density at radius 3 is 2.26 bits per heavy atom. The van der Waals surface area contributed by atoms with E-state index in [9.17, 15) is 4.79 Å². The Morgan fingerprint density at radius 2 is 1.84 bits per heavy atom. The summed E-state index contributed by atoms with van der Waals surface area (Å²) in [5, 5.41) is 0. The van der Waals surface area contributed by atoms with Gasteiger partial charge in [-0.15, -0.1) is 0 Å². The summed E-state index contributed by atoms with van der Waals surface area (Å²) in [5.41, 5.74) is 6.77. The molecule has 1 heterocycles. The SMILES string of the molecule is CC(C)[C@H](N)C(=O)N(C(C)C)C(C)c1cnccn1. The van der Waals surface area contributed by atoms with E-state index in [2.05, 4.69) is 9.97 Å². The van der Waals surface area contributed by atoms with Gasteiger partial charge >= 0.3 is 0 Å². The van der Waals surface area contributed by atoms with Crippen LogP contribution in [0.3, 0.4) is 0 Å². The van der Waals surface area contributed by atoms with Crippen molar-refractivity contribution in [2.24, 2.45) is 11.7 Å². The van der Waals surface area contributed by atoms with Crippen LogP contribution < -0.4 is 5.73 Å². The van der Waals surface area contributed by atoms with Gasteiger partial charge < -0.3 is 10.6 Å².